The minimum Gasteiger partial charge on any atom is -0.465 e. The van der Waals surface area contributed by atoms with Crippen molar-refractivity contribution in [3.8, 4) is 0 Å². The Hall–Kier alpha value is -1.83. The number of carboxylic acid groups (broad SMARTS) is 1. The van der Waals surface area contributed by atoms with E-state index in [1.165, 1.54) is 22.7 Å². The van der Waals surface area contributed by atoms with Crippen LogP contribution in [0.25, 0.3) is 0 Å². The van der Waals surface area contributed by atoms with Gasteiger partial charge in [-0.2, -0.15) is 0 Å². The van der Waals surface area contributed by atoms with E-state index in [2.05, 4.69) is 0 Å². The molecule has 3 N–H and O–H groups in total. The van der Waals surface area contributed by atoms with Crippen LogP contribution >= 0.6 is 11.8 Å². The van der Waals surface area contributed by atoms with E-state index >= 15 is 0 Å². The van der Waals surface area contributed by atoms with Crippen LogP contribution in [0.4, 0.5) is 19.3 Å². The van der Waals surface area contributed by atoms with Gasteiger partial charge >= 0.3 is 6.09 Å². The van der Waals surface area contributed by atoms with Gasteiger partial charge in [-0.05, 0) is 51.7 Å². The van der Waals surface area contributed by atoms with Gasteiger partial charge in [-0.1, -0.05) is 24.6 Å². The van der Waals surface area contributed by atoms with Gasteiger partial charge in [0, 0.05) is 22.5 Å². The second kappa shape index (κ2) is 6.96. The lowest BCUT2D eigenvalue weighted by Gasteiger charge is -2.47. The van der Waals surface area contributed by atoms with Crippen molar-refractivity contribution in [1.82, 2.24) is 4.90 Å². The molecular formula is C19H25F2N3O2S. The highest BCUT2D eigenvalue weighted by atomic mass is 32.2. The van der Waals surface area contributed by atoms with E-state index < -0.39 is 28.8 Å². The zero-order valence-electron chi connectivity index (χ0n) is 15.8. The maximum atomic E-state index is 14.8. The fourth-order valence-electron chi connectivity index (χ4n) is 4.08. The highest BCUT2D eigenvalue weighted by Gasteiger charge is 2.49. The lowest BCUT2D eigenvalue weighted by Crippen LogP contribution is -2.52. The Bertz CT molecular complexity index is 794. The summed E-state index contributed by atoms with van der Waals surface area (Å²) in [5.74, 6) is -1.33. The number of rotatable bonds is 1. The van der Waals surface area contributed by atoms with Crippen molar-refractivity contribution in [2.75, 3.05) is 11.5 Å². The van der Waals surface area contributed by atoms with E-state index in [0.717, 1.165) is 25.3 Å². The summed E-state index contributed by atoms with van der Waals surface area (Å²) < 4.78 is 28.9. The van der Waals surface area contributed by atoms with E-state index in [1.807, 2.05) is 0 Å². The van der Waals surface area contributed by atoms with Crippen molar-refractivity contribution in [2.45, 2.75) is 57.5 Å². The molecule has 8 heteroatoms. The van der Waals surface area contributed by atoms with Crippen LogP contribution in [-0.2, 0) is 5.54 Å². The zero-order chi connectivity index (χ0) is 20.0. The molecule has 1 heterocycles. The number of halogens is 2. The van der Waals surface area contributed by atoms with Crippen molar-refractivity contribution in [2.24, 2.45) is 10.9 Å². The van der Waals surface area contributed by atoms with Crippen LogP contribution in [0.1, 0.15) is 52.0 Å². The molecule has 0 unspecified atom stereocenters. The fraction of sp³-hybridized carbons (Fsp3) is 0.579. The van der Waals surface area contributed by atoms with E-state index in [0.29, 0.717) is 17.3 Å². The highest BCUT2D eigenvalue weighted by Crippen LogP contribution is 2.51. The molecule has 27 heavy (non-hydrogen) atoms. The minimum atomic E-state index is -1.11. The van der Waals surface area contributed by atoms with E-state index in [1.54, 1.807) is 20.8 Å². The van der Waals surface area contributed by atoms with Crippen LogP contribution in [0.3, 0.4) is 0 Å². The molecule has 0 spiro atoms. The smallest absolute Gasteiger partial charge is 0.413 e. The summed E-state index contributed by atoms with van der Waals surface area (Å²) >= 11 is 1.37. The fourth-order valence-corrected chi connectivity index (χ4v) is 5.59. The van der Waals surface area contributed by atoms with Gasteiger partial charge in [-0.3, -0.25) is 9.89 Å². The molecule has 5 nitrogen and oxygen atoms in total. The molecule has 1 aliphatic heterocycles. The number of nitrogen functional groups attached to an aromatic ring is 1. The topological polar surface area (TPSA) is 78.9 Å². The molecule has 0 saturated heterocycles. The molecule has 1 aromatic rings. The third-order valence-corrected chi connectivity index (χ3v) is 6.42. The summed E-state index contributed by atoms with van der Waals surface area (Å²) in [5.41, 5.74) is 4.39. The van der Waals surface area contributed by atoms with Crippen molar-refractivity contribution in [3.05, 3.63) is 29.3 Å². The summed E-state index contributed by atoms with van der Waals surface area (Å²) in [6.07, 6.45) is 2.07. The van der Waals surface area contributed by atoms with Crippen LogP contribution in [0, 0.1) is 17.6 Å². The Morgan fingerprint density at radius 3 is 2.70 bits per heavy atom. The van der Waals surface area contributed by atoms with Crippen LogP contribution in [0.5, 0.6) is 0 Å². The van der Waals surface area contributed by atoms with Crippen LogP contribution in [0.2, 0.25) is 0 Å². The molecule has 1 fully saturated rings. The zero-order valence-corrected chi connectivity index (χ0v) is 16.6. The molecule has 0 aromatic heterocycles. The number of amidine groups is 1. The van der Waals surface area contributed by atoms with Gasteiger partial charge in [0.25, 0.3) is 0 Å². The Morgan fingerprint density at radius 1 is 1.37 bits per heavy atom. The molecule has 2 aliphatic rings. The summed E-state index contributed by atoms with van der Waals surface area (Å²) in [4.78, 5) is 17.9. The second-order valence-corrected chi connectivity index (χ2v) is 9.21. The predicted molar refractivity (Wildman–Crippen MR) is 104 cm³/mol. The Balaban J connectivity index is 2.21. The number of carbonyl (C=O) groups is 1. The van der Waals surface area contributed by atoms with Gasteiger partial charge in [0.1, 0.15) is 0 Å². The number of nitrogens with two attached hydrogens (primary N) is 1. The number of anilines is 1. The number of aliphatic imine (C=N–C) groups is 1. The summed E-state index contributed by atoms with van der Waals surface area (Å²) in [6.45, 7) is 5.35. The molecule has 1 aromatic carbocycles. The third kappa shape index (κ3) is 3.51. The largest absolute Gasteiger partial charge is 0.465 e. The highest BCUT2D eigenvalue weighted by molar-refractivity contribution is 8.13. The van der Waals surface area contributed by atoms with E-state index in [4.69, 9.17) is 10.7 Å². The minimum absolute atomic E-state index is 0.00585. The van der Waals surface area contributed by atoms with Crippen LogP contribution in [0.15, 0.2) is 17.1 Å². The van der Waals surface area contributed by atoms with Gasteiger partial charge in [0.15, 0.2) is 16.8 Å². The van der Waals surface area contributed by atoms with Crippen molar-refractivity contribution < 1.29 is 18.7 Å². The maximum absolute atomic E-state index is 14.8. The molecule has 1 amide bonds. The van der Waals surface area contributed by atoms with E-state index in [9.17, 15) is 18.7 Å². The molecule has 0 radical (unpaired) electrons. The summed E-state index contributed by atoms with van der Waals surface area (Å²) in [5, 5.41) is 10.1. The van der Waals surface area contributed by atoms with E-state index in [-0.39, 0.29) is 17.2 Å². The number of amides is 1. The molecule has 148 valence electrons. The molecule has 1 aliphatic carbocycles. The van der Waals surface area contributed by atoms with Crippen LogP contribution < -0.4 is 5.73 Å². The third-order valence-electron chi connectivity index (χ3n) is 5.31. The van der Waals surface area contributed by atoms with Crippen molar-refractivity contribution >= 4 is 28.7 Å². The first-order valence-corrected chi connectivity index (χ1v) is 10.1. The molecular weight excluding hydrogens is 372 g/mol. The SMILES string of the molecule is CC(C)(C)N(C(=O)O)C1=N[C@@]2(c3cc(N)cc(F)c3F)CCCC[C@H]2CS1. The number of benzene rings is 1. The number of hydrogen-bond acceptors (Lipinski definition) is 4. The molecule has 3 rings (SSSR count). The summed E-state index contributed by atoms with van der Waals surface area (Å²) in [6, 6.07) is 2.42. The number of thioether (sulfide) groups is 1. The van der Waals surface area contributed by atoms with Crippen molar-refractivity contribution in [1.29, 1.82) is 0 Å². The second-order valence-electron chi connectivity index (χ2n) is 8.23. The Morgan fingerprint density at radius 2 is 2.07 bits per heavy atom. The van der Waals surface area contributed by atoms with Gasteiger partial charge < -0.3 is 10.8 Å². The standard InChI is InChI=1S/C19H25F2N3O2S/c1-18(2,3)24(17(25)26)16-23-19(7-5-4-6-11(19)10-27-16)13-8-12(22)9-14(20)15(13)21/h8-9,11H,4-7,10,22H2,1-3H3,(H,25,26)/t11-,19-/m0/s1. The lowest BCUT2D eigenvalue weighted by molar-refractivity contribution is 0.139. The lowest BCUT2D eigenvalue weighted by atomic mass is 9.69. The normalized spacial score (nSPS) is 25.5. The number of fused-ring (bicyclic) bond motifs is 1. The van der Waals surface area contributed by atoms with Crippen LogP contribution in [-0.4, -0.2) is 32.6 Å². The molecule has 2 atom stereocenters. The van der Waals surface area contributed by atoms with Gasteiger partial charge in [-0.25, -0.2) is 13.6 Å². The summed E-state index contributed by atoms with van der Waals surface area (Å²) in [7, 11) is 0. The average Bonchev–Trinajstić information content (AvgIpc) is 2.56. The van der Waals surface area contributed by atoms with Crippen molar-refractivity contribution in [3.63, 3.8) is 0 Å². The Kier molecular flexibility index (Phi) is 5.14. The van der Waals surface area contributed by atoms with Gasteiger partial charge in [-0.15, -0.1) is 0 Å². The quantitative estimate of drug-likeness (QED) is 0.666. The first-order chi connectivity index (χ1) is 12.6. The maximum Gasteiger partial charge on any atom is 0.413 e. The average molecular weight is 397 g/mol. The molecule has 0 bridgehead atoms. The first-order valence-electron chi connectivity index (χ1n) is 9.07. The van der Waals surface area contributed by atoms with Gasteiger partial charge in [0.2, 0.25) is 0 Å². The number of nitrogens with zero attached hydrogens (tertiary/aromatic N) is 2. The molecule has 1 saturated carbocycles. The monoisotopic (exact) mass is 397 g/mol. The first kappa shape index (κ1) is 19.9. The number of hydrogen-bond donors (Lipinski definition) is 2. The Labute approximate surface area is 162 Å². The van der Waals surface area contributed by atoms with Gasteiger partial charge in [0.05, 0.1) is 5.54 Å². The predicted octanol–water partition coefficient (Wildman–Crippen LogP) is 4.81.